The van der Waals surface area contributed by atoms with Crippen LogP contribution < -0.4 is 15.1 Å². The maximum Gasteiger partial charge on any atom is 0.158 e. The lowest BCUT2D eigenvalue weighted by Gasteiger charge is -2.43. The summed E-state index contributed by atoms with van der Waals surface area (Å²) in [5.41, 5.74) is 10.0. The third-order valence-corrected chi connectivity index (χ3v) is 9.18. The van der Waals surface area contributed by atoms with Gasteiger partial charge in [0, 0.05) is 24.2 Å². The van der Waals surface area contributed by atoms with Crippen molar-refractivity contribution in [2.75, 3.05) is 16.8 Å². The molecule has 5 aliphatic rings. The molecule has 3 unspecified atom stereocenters. The van der Waals surface area contributed by atoms with Gasteiger partial charge in [0.2, 0.25) is 0 Å². The van der Waals surface area contributed by atoms with E-state index in [0.717, 1.165) is 17.8 Å². The van der Waals surface area contributed by atoms with Crippen LogP contribution in [0.25, 0.3) is 11.1 Å². The number of aryl methyl sites for hydroxylation is 3. The van der Waals surface area contributed by atoms with Gasteiger partial charge in [-0.25, -0.2) is 0 Å². The summed E-state index contributed by atoms with van der Waals surface area (Å²) >= 11 is 0. The Kier molecular flexibility index (Phi) is 4.50. The molecule has 0 saturated heterocycles. The Bertz CT molecular complexity index is 1030. The Morgan fingerprint density at radius 1 is 0.969 bits per heavy atom. The van der Waals surface area contributed by atoms with E-state index in [-0.39, 0.29) is 6.29 Å². The number of rotatable bonds is 4. The molecule has 32 heavy (non-hydrogen) atoms. The van der Waals surface area contributed by atoms with Crippen molar-refractivity contribution in [3.05, 3.63) is 47.0 Å². The molecule has 1 heterocycles. The van der Waals surface area contributed by atoms with E-state index in [9.17, 15) is 0 Å². The molecule has 4 saturated carbocycles. The van der Waals surface area contributed by atoms with E-state index in [1.807, 2.05) is 0 Å². The van der Waals surface area contributed by atoms with Gasteiger partial charge in [-0.15, -0.1) is 0 Å². The Labute approximate surface area is 194 Å². The summed E-state index contributed by atoms with van der Waals surface area (Å²) in [5, 5.41) is 4.31. The van der Waals surface area contributed by atoms with E-state index in [1.165, 1.54) is 71.3 Å². The number of fused-ring (bicyclic) bond motifs is 1. The third-order valence-electron chi connectivity index (χ3n) is 9.18. The van der Waals surface area contributed by atoms with Gasteiger partial charge in [-0.3, -0.25) is 5.32 Å². The van der Waals surface area contributed by atoms with E-state index in [4.69, 9.17) is 0 Å². The molecule has 4 fully saturated rings. The molecule has 2 aromatic rings. The molecule has 1 aliphatic heterocycles. The molecule has 3 atom stereocenters. The number of nitrogens with zero attached hydrogens (tertiary/aromatic N) is 2. The van der Waals surface area contributed by atoms with Crippen LogP contribution in [0.3, 0.4) is 0 Å². The number of hydrogen-bond donors (Lipinski definition) is 1. The summed E-state index contributed by atoms with van der Waals surface area (Å²) < 4.78 is 0. The smallest absolute Gasteiger partial charge is 0.158 e. The van der Waals surface area contributed by atoms with Crippen molar-refractivity contribution in [2.24, 2.45) is 17.8 Å². The summed E-state index contributed by atoms with van der Waals surface area (Å²) in [6.07, 6.45) is 7.43. The maximum atomic E-state index is 4.31. The average Bonchev–Trinajstić information content (AvgIpc) is 3.22. The molecule has 3 nitrogen and oxygen atoms in total. The fourth-order valence-electron chi connectivity index (χ4n) is 8.37. The fraction of sp³-hybridized carbons (Fsp3) is 0.586. The highest BCUT2D eigenvalue weighted by Gasteiger charge is 2.59. The number of anilines is 2. The van der Waals surface area contributed by atoms with Gasteiger partial charge in [0.05, 0.1) is 11.4 Å². The van der Waals surface area contributed by atoms with Crippen molar-refractivity contribution in [2.45, 2.75) is 84.6 Å². The van der Waals surface area contributed by atoms with Gasteiger partial charge in [0.15, 0.2) is 6.29 Å². The van der Waals surface area contributed by atoms with E-state index in [2.05, 4.69) is 87.1 Å². The first-order valence-electron chi connectivity index (χ1n) is 12.8. The van der Waals surface area contributed by atoms with E-state index in [1.54, 1.807) is 0 Å². The number of hydrogen-bond acceptors (Lipinski definition) is 3. The van der Waals surface area contributed by atoms with Crippen LogP contribution in [0.5, 0.6) is 0 Å². The molecule has 1 N–H and O–H groups in total. The van der Waals surface area contributed by atoms with Gasteiger partial charge in [-0.1, -0.05) is 29.8 Å². The zero-order valence-corrected chi connectivity index (χ0v) is 20.7. The second kappa shape index (κ2) is 7.00. The van der Waals surface area contributed by atoms with Crippen molar-refractivity contribution in [3.8, 4) is 11.1 Å². The topological polar surface area (TPSA) is 18.5 Å². The molecule has 0 amide bonds. The van der Waals surface area contributed by atoms with Crippen LogP contribution in [0, 0.1) is 38.5 Å². The van der Waals surface area contributed by atoms with Gasteiger partial charge in [0.1, 0.15) is 0 Å². The summed E-state index contributed by atoms with van der Waals surface area (Å²) in [6.45, 7) is 11.4. The van der Waals surface area contributed by atoms with E-state index >= 15 is 0 Å². The third kappa shape index (κ3) is 2.83. The van der Waals surface area contributed by atoms with Crippen LogP contribution >= 0.6 is 0 Å². The normalized spacial score (nSPS) is 32.5. The van der Waals surface area contributed by atoms with Crippen LogP contribution in [0.15, 0.2) is 30.3 Å². The number of benzene rings is 2. The Hall–Kier alpha value is -2.00. The standard InChI is InChI=1S/C29H39N3/c1-17(2)32-25-9-7-8-24(26-19(4)10-18(3)11-20(26)5)27(25)31(6)28(32)30-29-15-21-12-22(16-29)14-23(29)13-21/h7-11,17,21-23,28,30H,12-16H2,1-6H3. The Morgan fingerprint density at radius 2 is 1.62 bits per heavy atom. The lowest BCUT2D eigenvalue weighted by Crippen LogP contribution is -2.62. The zero-order chi connectivity index (χ0) is 22.4. The second-order valence-electron chi connectivity index (χ2n) is 11.8. The monoisotopic (exact) mass is 429 g/mol. The molecule has 3 heteroatoms. The van der Waals surface area contributed by atoms with Crippen molar-refractivity contribution >= 4 is 11.4 Å². The summed E-state index contributed by atoms with van der Waals surface area (Å²) in [7, 11) is 2.32. The van der Waals surface area contributed by atoms with Crippen molar-refractivity contribution in [3.63, 3.8) is 0 Å². The van der Waals surface area contributed by atoms with Gasteiger partial charge >= 0.3 is 0 Å². The molecule has 0 radical (unpaired) electrons. The molecular weight excluding hydrogens is 390 g/mol. The highest BCUT2D eigenvalue weighted by molar-refractivity contribution is 5.93. The molecule has 4 bridgehead atoms. The minimum absolute atomic E-state index is 0.232. The lowest BCUT2D eigenvalue weighted by atomic mass is 9.80. The van der Waals surface area contributed by atoms with Crippen molar-refractivity contribution in [1.82, 2.24) is 5.32 Å². The predicted molar refractivity (Wildman–Crippen MR) is 135 cm³/mol. The summed E-state index contributed by atoms with van der Waals surface area (Å²) in [4.78, 5) is 5.20. The Balaban J connectivity index is 1.44. The second-order valence-corrected chi connectivity index (χ2v) is 11.8. The molecular formula is C29H39N3. The van der Waals surface area contributed by atoms with E-state index < -0.39 is 0 Å². The Morgan fingerprint density at radius 3 is 2.25 bits per heavy atom. The summed E-state index contributed by atoms with van der Waals surface area (Å²) in [6, 6.07) is 12.0. The van der Waals surface area contributed by atoms with Crippen LogP contribution in [-0.4, -0.2) is 24.9 Å². The van der Waals surface area contributed by atoms with Crippen LogP contribution in [0.4, 0.5) is 11.4 Å². The predicted octanol–water partition coefficient (Wildman–Crippen LogP) is 6.40. The lowest BCUT2D eigenvalue weighted by molar-refractivity contribution is 0.210. The van der Waals surface area contributed by atoms with Crippen LogP contribution in [0.1, 0.15) is 62.6 Å². The highest BCUT2D eigenvalue weighted by Crippen LogP contribution is 2.61. The van der Waals surface area contributed by atoms with Crippen molar-refractivity contribution < 1.29 is 0 Å². The molecule has 4 aliphatic carbocycles. The molecule has 2 aromatic carbocycles. The average molecular weight is 430 g/mol. The fourth-order valence-corrected chi connectivity index (χ4v) is 8.37. The molecule has 170 valence electrons. The van der Waals surface area contributed by atoms with E-state index in [0.29, 0.717) is 11.6 Å². The molecule has 7 rings (SSSR count). The quantitative estimate of drug-likeness (QED) is 0.607. The van der Waals surface area contributed by atoms with Crippen LogP contribution in [-0.2, 0) is 0 Å². The SMILES string of the molecule is Cc1cc(C)c(-c2cccc3c2N(C)C(NC24CC5CC(CC2C5)C4)N3C(C)C)c(C)c1. The highest BCUT2D eigenvalue weighted by atomic mass is 15.5. The maximum absolute atomic E-state index is 4.31. The first-order chi connectivity index (χ1) is 15.3. The van der Waals surface area contributed by atoms with Crippen LogP contribution in [0.2, 0.25) is 0 Å². The number of nitrogens with one attached hydrogen (secondary N) is 1. The number of para-hydroxylation sites is 1. The summed E-state index contributed by atoms with van der Waals surface area (Å²) in [5.74, 6) is 2.82. The minimum Gasteiger partial charge on any atom is -0.340 e. The minimum atomic E-state index is 0.232. The zero-order valence-electron chi connectivity index (χ0n) is 20.7. The van der Waals surface area contributed by atoms with Gasteiger partial charge in [-0.05, 0) is 107 Å². The largest absolute Gasteiger partial charge is 0.340 e. The first-order valence-corrected chi connectivity index (χ1v) is 12.8. The molecule has 0 spiro atoms. The van der Waals surface area contributed by atoms with Gasteiger partial charge < -0.3 is 9.80 Å². The first kappa shape index (κ1) is 20.6. The van der Waals surface area contributed by atoms with Crippen molar-refractivity contribution in [1.29, 1.82) is 0 Å². The van der Waals surface area contributed by atoms with Gasteiger partial charge in [-0.2, -0.15) is 0 Å². The van der Waals surface area contributed by atoms with Gasteiger partial charge in [0.25, 0.3) is 0 Å². The molecule has 0 aromatic heterocycles.